The third kappa shape index (κ3) is 54.3. The molecule has 21 heteroatoms. The van der Waals surface area contributed by atoms with Crippen molar-refractivity contribution in [1.29, 1.82) is 0 Å². The zero-order valence-electron chi connectivity index (χ0n) is 84.0. The van der Waals surface area contributed by atoms with Gasteiger partial charge < -0.3 is 10.0 Å². The average Bonchev–Trinajstić information content (AvgIpc) is 0.848. The van der Waals surface area contributed by atoms with E-state index in [9.17, 15) is 0 Å². The minimum absolute atomic E-state index is 0. The maximum atomic E-state index is 7.61. The van der Waals surface area contributed by atoms with Gasteiger partial charge in [0.05, 0.1) is 0 Å². The van der Waals surface area contributed by atoms with Gasteiger partial charge in [-0.1, -0.05) is 627 Å². The molecule has 0 saturated heterocycles. The Hall–Kier alpha value is -7.94. The van der Waals surface area contributed by atoms with Crippen molar-refractivity contribution in [3.05, 3.63) is 558 Å². The summed E-state index contributed by atoms with van der Waals surface area (Å²) in [4.78, 5) is 0. The van der Waals surface area contributed by atoms with E-state index in [0.717, 1.165) is 8.88 Å². The molecule has 0 saturated carbocycles. The van der Waals surface area contributed by atoms with Crippen LogP contribution < -0.4 is 95.5 Å². The fraction of sp³-hybridized carbons (Fsp3) is 0.106. The first-order valence-corrected chi connectivity index (χ1v) is 64.3. The molecule has 0 aliphatic heterocycles. The number of hydrogen-bond acceptors (Lipinski definition) is 8. The maximum Gasteiger partial charge on any atom is 0 e. The molecule has 0 atom stereocenters. The fourth-order valence-electron chi connectivity index (χ4n) is 13.1. The van der Waals surface area contributed by atoms with Gasteiger partial charge in [-0.25, -0.2) is 0 Å². The van der Waals surface area contributed by atoms with Gasteiger partial charge in [-0.15, -0.1) is 0 Å². The molecule has 2 nitrogen and oxygen atoms in total. The first-order chi connectivity index (χ1) is 70.2. The molecular weight excluding hydrogens is 2250 g/mol. The summed E-state index contributed by atoms with van der Waals surface area (Å²) < 4.78 is 0. The van der Waals surface area contributed by atoms with Gasteiger partial charge in [-0.3, -0.25) is 0 Å². The minimum atomic E-state index is -1.17. The molecule has 0 aliphatic rings. The van der Waals surface area contributed by atoms with Crippen molar-refractivity contribution in [2.75, 3.05) is 0 Å². The molecule has 754 valence electrons. The van der Waals surface area contributed by atoms with Crippen molar-refractivity contribution in [2.24, 2.45) is 0 Å². The topological polar surface area (TPSA) is 40.5 Å². The van der Waals surface area contributed by atoms with Crippen LogP contribution in [0.2, 0.25) is 6.82 Å². The van der Waals surface area contributed by atoms with Crippen LogP contribution in [0, 0.1) is 0 Å². The van der Waals surface area contributed by atoms with E-state index in [1.165, 1.54) is 102 Å². The van der Waals surface area contributed by atoms with Crippen LogP contribution in [0.1, 0.15) is 83.1 Å². The van der Waals surface area contributed by atoms with Gasteiger partial charge in [-0.2, -0.15) is 13.5 Å². The van der Waals surface area contributed by atoms with Gasteiger partial charge in [0.1, 0.15) is 0 Å². The van der Waals surface area contributed by atoms with E-state index in [1.807, 2.05) is 95.2 Å². The second-order valence-corrected chi connectivity index (χ2v) is 44.9. The van der Waals surface area contributed by atoms with E-state index in [4.69, 9.17) is 29.1 Å². The molecule has 18 rings (SSSR count). The van der Waals surface area contributed by atoms with Gasteiger partial charge >= 0.3 is 42.1 Å². The molecular formula is C123H135BCl2O2P6Pd2S8. The van der Waals surface area contributed by atoms with Crippen LogP contribution in [0.4, 0.5) is 0 Å². The number of benzene rings is 18. The summed E-state index contributed by atoms with van der Waals surface area (Å²) in [5, 5.41) is 40.4. The summed E-state index contributed by atoms with van der Waals surface area (Å²) in [7, 11) is 6.70. The first-order valence-electron chi connectivity index (χ1n) is 46.9. The Bertz CT molecular complexity index is 4470. The summed E-state index contributed by atoms with van der Waals surface area (Å²) in [6, 6.07) is 194. The zero-order valence-corrected chi connectivity index (χ0v) is 101. The standard InChI is InChI=1S/6C18H15P.C4H8.5C2H6.CH5BO2.2ClH.2Pd.S3.2S2.H2S/c6*1-4-10-16(11-5-1)19(17-12-6-2-7-13-17)18-14-8-3-9-15-18;1-3-4-2;5*1-2;1-2(3)4;;;;;1-3-2;2*1-2;/h6*1-15H;3-4H,1-2H3;5*1-2H3;3-4H,1H3;2*1H;;;;;;1H2/q;;;;;;;;;;;;;;;;+2;;;;/p-2. The predicted molar refractivity (Wildman–Crippen MR) is 678 cm³/mol. The molecule has 18 aromatic rings. The Morgan fingerprint density at radius 1 is 0.194 bits per heavy atom. The van der Waals surface area contributed by atoms with Crippen molar-refractivity contribution < 1.29 is 46.4 Å². The fourth-order valence-corrected chi connectivity index (χ4v) is 26.9. The Labute approximate surface area is 942 Å². The van der Waals surface area contributed by atoms with Crippen LogP contribution in [0.15, 0.2) is 558 Å². The van der Waals surface area contributed by atoms with E-state index >= 15 is 0 Å². The quantitative estimate of drug-likeness (QED) is 0.0500. The number of halogens is 2. The summed E-state index contributed by atoms with van der Waals surface area (Å²) in [6.07, 6.45) is 4.00. The molecule has 0 spiro atoms. The van der Waals surface area contributed by atoms with Crippen LogP contribution in [0.3, 0.4) is 0 Å². The second kappa shape index (κ2) is 93.6. The Balaban J connectivity index is 0.00000161. The van der Waals surface area contributed by atoms with Gasteiger partial charge in [0.2, 0.25) is 0 Å². The van der Waals surface area contributed by atoms with Crippen molar-refractivity contribution in [3.8, 4) is 0 Å². The van der Waals surface area contributed by atoms with Crippen molar-refractivity contribution >= 4 is 259 Å². The molecule has 0 fully saturated rings. The molecule has 0 aliphatic carbocycles. The van der Waals surface area contributed by atoms with Crippen LogP contribution in [-0.4, -0.2) is 17.2 Å². The van der Waals surface area contributed by atoms with Crippen molar-refractivity contribution in [1.82, 2.24) is 0 Å². The monoisotopic (exact) mass is 2380 g/mol. The number of hydrogen-bond donors (Lipinski definition) is 2. The molecule has 0 heterocycles. The maximum absolute atomic E-state index is 7.61. The Morgan fingerprint density at radius 2 is 0.236 bits per heavy atom. The number of allylic oxidation sites excluding steroid dienone is 2. The van der Waals surface area contributed by atoms with Gasteiger partial charge in [0.25, 0.3) is 0 Å². The van der Waals surface area contributed by atoms with Gasteiger partial charge in [0.15, 0.2) is 0 Å². The van der Waals surface area contributed by atoms with E-state index < -0.39 is 54.6 Å². The Morgan fingerprint density at radius 3 is 0.271 bits per heavy atom. The van der Waals surface area contributed by atoms with Crippen LogP contribution >= 0.6 is 80.1 Å². The molecule has 0 unspecified atom stereocenters. The van der Waals surface area contributed by atoms with E-state index in [2.05, 4.69) is 613 Å². The largest absolute Gasteiger partial charge is 0.0622 e. The summed E-state index contributed by atoms with van der Waals surface area (Å²) in [5.74, 6) is 0. The smallest absolute Gasteiger partial charge is 0 e. The summed E-state index contributed by atoms with van der Waals surface area (Å²) in [5.41, 5.74) is 0. The first kappa shape index (κ1) is 136. The predicted octanol–water partition coefficient (Wildman–Crippen LogP) is 27.9. The summed E-state index contributed by atoms with van der Waals surface area (Å²) >= 11 is 22.8. The van der Waals surface area contributed by atoms with Gasteiger partial charge in [-0.05, 0) is 164 Å². The van der Waals surface area contributed by atoms with Crippen molar-refractivity contribution in [3.63, 3.8) is 0 Å². The summed E-state index contributed by atoms with van der Waals surface area (Å²) in [6.45, 7) is 25.3. The van der Waals surface area contributed by atoms with Crippen molar-refractivity contribution in [2.45, 2.75) is 89.9 Å². The second-order valence-electron chi connectivity index (χ2n) is 27.5. The van der Waals surface area contributed by atoms with Crippen LogP contribution in [0.25, 0.3) is 0 Å². The molecule has 0 radical (unpaired) electrons. The third-order valence-corrected chi connectivity index (χ3v) is 33.3. The van der Waals surface area contributed by atoms with E-state index in [1.54, 1.807) is 0 Å². The Kier molecular flexibility index (Phi) is 88.4. The van der Waals surface area contributed by atoms with E-state index in [0.29, 0.717) is 0 Å². The molecule has 0 aromatic heterocycles. The molecule has 144 heavy (non-hydrogen) atoms. The molecule has 2 N–H and O–H groups in total. The number of rotatable bonds is 18. The molecule has 0 amide bonds. The normalized spacial score (nSPS) is 9.33. The van der Waals surface area contributed by atoms with Crippen LogP contribution in [0.5, 0.6) is 0 Å². The van der Waals surface area contributed by atoms with Gasteiger partial charge in [0, 0.05) is 96.4 Å². The minimum Gasteiger partial charge on any atom is -0.0622 e. The molecule has 0 bridgehead atoms. The average molecular weight is 2380 g/mol. The third-order valence-electron chi connectivity index (χ3n) is 18.6. The van der Waals surface area contributed by atoms with E-state index in [-0.39, 0.29) is 49.9 Å². The SMILES string of the molecule is CB(O)O.CC.CC.CC.CC.CC.CC=CC.S.S=S.S=S.S=S=S.[Cl][Pd][Cl].[Pd].c1ccc(P(c2ccccc2)c2ccccc2)cc1.c1ccc(P(c2ccccc2)c2ccccc2)cc1.c1ccc(P(c2ccccc2)c2ccccc2)cc1.c1ccc(P(c2ccccc2)c2ccccc2)cc1.c1ccc(P(c2ccccc2)c2ccccc2)cc1.c1ccc(P(c2ccccc2)c2ccccc2)cc1. The van der Waals surface area contributed by atoms with Crippen LogP contribution in [-0.2, 0) is 112 Å². The zero-order chi connectivity index (χ0) is 104. The molecule has 18 aromatic carbocycles.